The molecule has 0 aliphatic rings. The lowest BCUT2D eigenvalue weighted by Crippen LogP contribution is -2.03. The van der Waals surface area contributed by atoms with E-state index in [4.69, 9.17) is 0 Å². The van der Waals surface area contributed by atoms with Crippen LogP contribution in [0.5, 0.6) is 0 Å². The lowest BCUT2D eigenvalue weighted by atomic mass is 10.3. The molecular formula is C15H11Br2N3O2. The van der Waals surface area contributed by atoms with Crippen molar-refractivity contribution in [2.45, 2.75) is 0 Å². The molecule has 2 aromatic rings. The zero-order valence-corrected chi connectivity index (χ0v) is 14.4. The van der Waals surface area contributed by atoms with Crippen molar-refractivity contribution in [3.05, 3.63) is 79.5 Å². The molecule has 1 N–H and O–H groups in total. The fourth-order valence-electron chi connectivity index (χ4n) is 1.57. The van der Waals surface area contributed by atoms with Gasteiger partial charge in [0.05, 0.1) is 16.8 Å². The van der Waals surface area contributed by atoms with E-state index in [-0.39, 0.29) is 5.70 Å². The van der Waals surface area contributed by atoms with Gasteiger partial charge in [0.1, 0.15) is 6.21 Å². The van der Waals surface area contributed by atoms with Gasteiger partial charge in [-0.2, -0.15) is 0 Å². The number of nitro groups is 1. The van der Waals surface area contributed by atoms with Gasteiger partial charge in [-0.3, -0.25) is 10.1 Å². The summed E-state index contributed by atoms with van der Waals surface area (Å²) >= 11 is 6.67. The van der Waals surface area contributed by atoms with Crippen molar-refractivity contribution in [1.29, 1.82) is 0 Å². The van der Waals surface area contributed by atoms with Crippen LogP contribution >= 0.6 is 31.9 Å². The molecule has 0 unspecified atom stereocenters. The highest BCUT2D eigenvalue weighted by Gasteiger charge is 2.07. The van der Waals surface area contributed by atoms with Gasteiger partial charge in [-0.1, -0.05) is 44.0 Å². The molecule has 7 heteroatoms. The van der Waals surface area contributed by atoms with E-state index >= 15 is 0 Å². The Bertz CT molecular complexity index is 745. The first-order valence-electron chi connectivity index (χ1n) is 6.21. The highest BCUT2D eigenvalue weighted by molar-refractivity contribution is 9.10. The fraction of sp³-hybridized carbons (Fsp3) is 0. The lowest BCUT2D eigenvalue weighted by molar-refractivity contribution is -0.414. The van der Waals surface area contributed by atoms with Crippen molar-refractivity contribution in [2.24, 2.45) is 4.99 Å². The van der Waals surface area contributed by atoms with Gasteiger partial charge < -0.3 is 5.32 Å². The second-order valence-corrected chi connectivity index (χ2v) is 6.05. The van der Waals surface area contributed by atoms with Crippen molar-refractivity contribution in [3.8, 4) is 0 Å². The summed E-state index contributed by atoms with van der Waals surface area (Å²) in [4.78, 5) is 14.7. The molecule has 0 saturated carbocycles. The first-order chi connectivity index (χ1) is 10.5. The monoisotopic (exact) mass is 423 g/mol. The molecule has 2 rings (SSSR count). The normalized spacial score (nSPS) is 11.6. The average Bonchev–Trinajstić information content (AvgIpc) is 2.47. The molecule has 2 aromatic carbocycles. The summed E-state index contributed by atoms with van der Waals surface area (Å²) in [5, 5.41) is 13.9. The number of nitrogens with one attached hydrogen (secondary N) is 1. The molecule has 22 heavy (non-hydrogen) atoms. The van der Waals surface area contributed by atoms with Crippen LogP contribution in [-0.2, 0) is 0 Å². The SMILES string of the molecule is O=[N+]([O-])/C(C=Nc1cccc(Br)c1)=C\Nc1cccc(Br)c1. The molecule has 0 fully saturated rings. The van der Waals surface area contributed by atoms with Crippen LogP contribution in [0.15, 0.2) is 74.4 Å². The van der Waals surface area contributed by atoms with Crippen LogP contribution in [0.25, 0.3) is 0 Å². The highest BCUT2D eigenvalue weighted by atomic mass is 79.9. The topological polar surface area (TPSA) is 67.5 Å². The Morgan fingerprint density at radius 2 is 1.82 bits per heavy atom. The molecular weight excluding hydrogens is 414 g/mol. The van der Waals surface area contributed by atoms with E-state index in [2.05, 4.69) is 42.2 Å². The summed E-state index contributed by atoms with van der Waals surface area (Å²) in [6, 6.07) is 14.5. The number of benzene rings is 2. The standard InChI is InChI=1S/C15H11Br2N3O2/c16-11-3-1-5-13(7-11)18-9-15(20(21)22)10-19-14-6-2-4-12(17)8-14/h1-10,18H/b15-9-,19-10?. The molecule has 0 bridgehead atoms. The molecule has 0 saturated heterocycles. The maximum atomic E-state index is 11.1. The van der Waals surface area contributed by atoms with Gasteiger partial charge in [0, 0.05) is 14.6 Å². The summed E-state index contributed by atoms with van der Waals surface area (Å²) < 4.78 is 1.75. The van der Waals surface area contributed by atoms with Crippen LogP contribution < -0.4 is 5.32 Å². The molecule has 0 heterocycles. The third kappa shape index (κ3) is 5.09. The number of anilines is 1. The Morgan fingerprint density at radius 1 is 1.14 bits per heavy atom. The molecule has 0 spiro atoms. The number of hydrogen-bond donors (Lipinski definition) is 1. The minimum atomic E-state index is -0.494. The Balaban J connectivity index is 2.16. The largest absolute Gasteiger partial charge is 0.356 e. The molecule has 112 valence electrons. The van der Waals surface area contributed by atoms with Crippen LogP contribution in [0.2, 0.25) is 0 Å². The van der Waals surface area contributed by atoms with E-state index in [1.165, 1.54) is 12.4 Å². The van der Waals surface area contributed by atoms with E-state index in [9.17, 15) is 10.1 Å². The minimum Gasteiger partial charge on any atom is -0.356 e. The zero-order valence-electron chi connectivity index (χ0n) is 11.2. The number of nitrogens with zero attached hydrogens (tertiary/aromatic N) is 2. The molecule has 0 radical (unpaired) electrons. The molecule has 0 aliphatic heterocycles. The van der Waals surface area contributed by atoms with Crippen molar-refractivity contribution < 1.29 is 4.92 Å². The van der Waals surface area contributed by atoms with Gasteiger partial charge in [-0.05, 0) is 36.4 Å². The summed E-state index contributed by atoms with van der Waals surface area (Å²) in [5.74, 6) is 0. The number of allylic oxidation sites excluding steroid dienone is 1. The number of rotatable bonds is 5. The third-order valence-corrected chi connectivity index (χ3v) is 3.56. The minimum absolute atomic E-state index is 0.139. The lowest BCUT2D eigenvalue weighted by Gasteiger charge is -2.00. The van der Waals surface area contributed by atoms with Crippen molar-refractivity contribution >= 4 is 49.4 Å². The van der Waals surface area contributed by atoms with E-state index in [1.54, 1.807) is 12.1 Å². The van der Waals surface area contributed by atoms with Gasteiger partial charge in [0.15, 0.2) is 0 Å². The van der Waals surface area contributed by atoms with Gasteiger partial charge in [-0.25, -0.2) is 4.99 Å². The Morgan fingerprint density at radius 3 is 2.45 bits per heavy atom. The van der Waals surface area contributed by atoms with Gasteiger partial charge in [0.2, 0.25) is 0 Å². The van der Waals surface area contributed by atoms with E-state index in [1.807, 2.05) is 36.4 Å². The molecule has 0 aromatic heterocycles. The quantitative estimate of drug-likeness (QED) is 0.410. The predicted molar refractivity (Wildman–Crippen MR) is 95.1 cm³/mol. The summed E-state index contributed by atoms with van der Waals surface area (Å²) in [6.07, 6.45) is 2.52. The molecule has 0 atom stereocenters. The van der Waals surface area contributed by atoms with Crippen molar-refractivity contribution in [1.82, 2.24) is 0 Å². The van der Waals surface area contributed by atoms with E-state index < -0.39 is 4.92 Å². The summed E-state index contributed by atoms with van der Waals surface area (Å²) in [6.45, 7) is 0. The van der Waals surface area contributed by atoms with Crippen LogP contribution in [0.1, 0.15) is 0 Å². The molecule has 5 nitrogen and oxygen atoms in total. The second kappa shape index (κ2) is 7.86. The highest BCUT2D eigenvalue weighted by Crippen LogP contribution is 2.18. The van der Waals surface area contributed by atoms with Crippen LogP contribution in [-0.4, -0.2) is 11.1 Å². The third-order valence-electron chi connectivity index (χ3n) is 2.58. The Labute approximate surface area is 144 Å². The summed E-state index contributed by atoms with van der Waals surface area (Å²) in [7, 11) is 0. The first kappa shape index (κ1) is 16.4. The van der Waals surface area contributed by atoms with Gasteiger partial charge in [0.25, 0.3) is 0 Å². The first-order valence-corrected chi connectivity index (χ1v) is 7.79. The van der Waals surface area contributed by atoms with E-state index in [0.29, 0.717) is 5.69 Å². The average molecular weight is 425 g/mol. The van der Waals surface area contributed by atoms with Crippen molar-refractivity contribution in [3.63, 3.8) is 0 Å². The summed E-state index contributed by atoms with van der Waals surface area (Å²) in [5.41, 5.74) is 1.23. The maximum absolute atomic E-state index is 11.1. The van der Waals surface area contributed by atoms with Gasteiger partial charge in [-0.15, -0.1) is 0 Å². The molecule has 0 amide bonds. The van der Waals surface area contributed by atoms with Crippen LogP contribution in [0, 0.1) is 10.1 Å². The number of halogens is 2. The second-order valence-electron chi connectivity index (χ2n) is 4.22. The smallest absolute Gasteiger partial charge is 0.303 e. The number of hydrogen-bond acceptors (Lipinski definition) is 4. The fourth-order valence-corrected chi connectivity index (χ4v) is 2.36. The zero-order chi connectivity index (χ0) is 15.9. The van der Waals surface area contributed by atoms with Gasteiger partial charge >= 0.3 is 5.70 Å². The molecule has 0 aliphatic carbocycles. The van der Waals surface area contributed by atoms with Crippen LogP contribution in [0.4, 0.5) is 11.4 Å². The Kier molecular flexibility index (Phi) is 5.85. The number of aliphatic imine (C=N–C) groups is 1. The Hall–Kier alpha value is -1.99. The van der Waals surface area contributed by atoms with E-state index in [0.717, 1.165) is 14.6 Å². The van der Waals surface area contributed by atoms with Crippen molar-refractivity contribution in [2.75, 3.05) is 5.32 Å². The predicted octanol–water partition coefficient (Wildman–Crippen LogP) is 5.14. The van der Waals surface area contributed by atoms with Crippen LogP contribution in [0.3, 0.4) is 0 Å². The maximum Gasteiger partial charge on any atom is 0.303 e.